The number of aryl methyl sites for hydroxylation is 1. The SMILES string of the molecule is CC(=O)c1cc2c(cc1NC(=O)/C=C/c1ccccc1OCc1csc(C)n1)OCO2. The van der Waals surface area contributed by atoms with Crippen molar-refractivity contribution in [3.8, 4) is 17.2 Å². The Morgan fingerprint density at radius 3 is 2.74 bits per heavy atom. The summed E-state index contributed by atoms with van der Waals surface area (Å²) in [6, 6.07) is 10.6. The minimum Gasteiger partial charge on any atom is -0.487 e. The molecule has 7 nitrogen and oxygen atoms in total. The van der Waals surface area contributed by atoms with Crippen molar-refractivity contribution in [1.29, 1.82) is 0 Å². The van der Waals surface area contributed by atoms with Crippen LogP contribution in [0, 0.1) is 6.92 Å². The van der Waals surface area contributed by atoms with E-state index in [1.807, 2.05) is 36.6 Å². The van der Waals surface area contributed by atoms with Crippen LogP contribution in [0.5, 0.6) is 17.2 Å². The number of anilines is 1. The van der Waals surface area contributed by atoms with Crippen LogP contribution >= 0.6 is 11.3 Å². The molecule has 4 rings (SSSR count). The number of Topliss-reactive ketones (excluding diaryl/α,β-unsaturated/α-hetero) is 1. The summed E-state index contributed by atoms with van der Waals surface area (Å²) in [4.78, 5) is 28.9. The molecule has 0 spiro atoms. The quantitative estimate of drug-likeness (QED) is 0.430. The highest BCUT2D eigenvalue weighted by Crippen LogP contribution is 2.37. The van der Waals surface area contributed by atoms with Crippen LogP contribution in [0.25, 0.3) is 6.08 Å². The molecule has 0 aliphatic carbocycles. The number of nitrogens with zero attached hydrogens (tertiary/aromatic N) is 1. The zero-order valence-electron chi connectivity index (χ0n) is 17.0. The van der Waals surface area contributed by atoms with Gasteiger partial charge in [0.25, 0.3) is 0 Å². The fourth-order valence-corrected chi connectivity index (χ4v) is 3.65. The highest BCUT2D eigenvalue weighted by atomic mass is 32.1. The standard InChI is InChI=1S/C23H20N2O5S/c1-14(26)18-9-21-22(30-13-29-21)10-19(18)25-23(27)8-7-16-5-3-4-6-20(16)28-11-17-12-31-15(2)24-17/h3-10,12H,11,13H2,1-2H3,(H,25,27)/b8-7+. The molecule has 0 atom stereocenters. The summed E-state index contributed by atoms with van der Waals surface area (Å²) in [5.74, 6) is 1.05. The van der Waals surface area contributed by atoms with Crippen molar-refractivity contribution in [1.82, 2.24) is 4.98 Å². The van der Waals surface area contributed by atoms with Crippen LogP contribution in [0.3, 0.4) is 0 Å². The van der Waals surface area contributed by atoms with Crippen LogP contribution in [0.2, 0.25) is 0 Å². The summed E-state index contributed by atoms with van der Waals surface area (Å²) < 4.78 is 16.5. The summed E-state index contributed by atoms with van der Waals surface area (Å²) >= 11 is 1.57. The monoisotopic (exact) mass is 436 g/mol. The van der Waals surface area contributed by atoms with Crippen LogP contribution in [-0.4, -0.2) is 23.5 Å². The maximum Gasteiger partial charge on any atom is 0.248 e. The molecule has 0 bridgehead atoms. The molecule has 0 saturated heterocycles. The molecule has 1 N–H and O–H groups in total. The summed E-state index contributed by atoms with van der Waals surface area (Å²) in [5.41, 5.74) is 2.34. The molecule has 1 aliphatic heterocycles. The average Bonchev–Trinajstić information content (AvgIpc) is 3.38. The molecule has 0 saturated carbocycles. The predicted octanol–water partition coefficient (Wildman–Crippen LogP) is 4.61. The molecule has 0 unspecified atom stereocenters. The van der Waals surface area contributed by atoms with Gasteiger partial charge in [0.15, 0.2) is 17.3 Å². The van der Waals surface area contributed by atoms with Crippen molar-refractivity contribution in [2.24, 2.45) is 0 Å². The van der Waals surface area contributed by atoms with Crippen molar-refractivity contribution in [2.45, 2.75) is 20.5 Å². The van der Waals surface area contributed by atoms with Gasteiger partial charge in [-0.05, 0) is 32.1 Å². The Labute approximate surface area is 183 Å². The van der Waals surface area contributed by atoms with Crippen molar-refractivity contribution >= 4 is 34.8 Å². The molecular formula is C23H20N2O5S. The topological polar surface area (TPSA) is 86.8 Å². The number of amides is 1. The first kappa shape index (κ1) is 20.6. The molecule has 1 amide bonds. The van der Waals surface area contributed by atoms with E-state index in [9.17, 15) is 9.59 Å². The van der Waals surface area contributed by atoms with Gasteiger partial charge in [-0.2, -0.15) is 0 Å². The zero-order chi connectivity index (χ0) is 21.8. The lowest BCUT2D eigenvalue weighted by atomic mass is 10.1. The molecule has 0 radical (unpaired) electrons. The fraction of sp³-hybridized carbons (Fsp3) is 0.174. The molecule has 2 aromatic carbocycles. The lowest BCUT2D eigenvalue weighted by Gasteiger charge is -2.10. The van der Waals surface area contributed by atoms with Crippen molar-refractivity contribution in [2.75, 3.05) is 12.1 Å². The number of thiazole rings is 1. The predicted molar refractivity (Wildman–Crippen MR) is 118 cm³/mol. The zero-order valence-corrected chi connectivity index (χ0v) is 17.8. The number of fused-ring (bicyclic) bond motifs is 1. The highest BCUT2D eigenvalue weighted by molar-refractivity contribution is 7.09. The Balaban J connectivity index is 1.47. The van der Waals surface area contributed by atoms with Gasteiger partial charge >= 0.3 is 0 Å². The fourth-order valence-electron chi connectivity index (χ4n) is 3.05. The van der Waals surface area contributed by atoms with Crippen LogP contribution < -0.4 is 19.5 Å². The number of para-hydroxylation sites is 1. The van der Waals surface area contributed by atoms with Crippen LogP contribution in [-0.2, 0) is 11.4 Å². The van der Waals surface area contributed by atoms with Gasteiger partial charge in [0.2, 0.25) is 12.7 Å². The van der Waals surface area contributed by atoms with Crippen LogP contribution in [0.15, 0.2) is 47.9 Å². The smallest absolute Gasteiger partial charge is 0.248 e. The number of aromatic nitrogens is 1. The van der Waals surface area contributed by atoms with Gasteiger partial charge in [0, 0.05) is 28.6 Å². The first-order valence-electron chi connectivity index (χ1n) is 9.56. The molecule has 1 aromatic heterocycles. The first-order valence-corrected chi connectivity index (χ1v) is 10.4. The Hall–Kier alpha value is -3.65. The van der Waals surface area contributed by atoms with Crippen molar-refractivity contribution < 1.29 is 23.8 Å². The van der Waals surface area contributed by atoms with E-state index < -0.39 is 0 Å². The third-order valence-electron chi connectivity index (χ3n) is 4.53. The summed E-state index contributed by atoms with van der Waals surface area (Å²) in [6.45, 7) is 3.81. The number of ether oxygens (including phenoxy) is 3. The van der Waals surface area contributed by atoms with Gasteiger partial charge in [-0.3, -0.25) is 9.59 Å². The largest absolute Gasteiger partial charge is 0.487 e. The number of carbonyl (C=O) groups excluding carboxylic acids is 2. The van der Waals surface area contributed by atoms with Gasteiger partial charge in [-0.25, -0.2) is 4.98 Å². The molecule has 8 heteroatoms. The summed E-state index contributed by atoms with van der Waals surface area (Å²) in [7, 11) is 0. The first-order chi connectivity index (χ1) is 15.0. The Kier molecular flexibility index (Phi) is 5.99. The number of ketones is 1. The average molecular weight is 436 g/mol. The van der Waals surface area contributed by atoms with Crippen molar-refractivity contribution in [3.63, 3.8) is 0 Å². The minimum atomic E-state index is -0.383. The Morgan fingerprint density at radius 1 is 1.23 bits per heavy atom. The number of hydrogen-bond donors (Lipinski definition) is 1. The van der Waals surface area contributed by atoms with E-state index in [1.54, 1.807) is 29.5 Å². The van der Waals surface area contributed by atoms with E-state index in [-0.39, 0.29) is 18.5 Å². The van der Waals surface area contributed by atoms with E-state index >= 15 is 0 Å². The van der Waals surface area contributed by atoms with Crippen molar-refractivity contribution in [3.05, 3.63) is 69.7 Å². The van der Waals surface area contributed by atoms with Gasteiger partial charge in [-0.15, -0.1) is 11.3 Å². The van der Waals surface area contributed by atoms with Crippen LogP contribution in [0.1, 0.15) is 33.5 Å². The number of carbonyl (C=O) groups is 2. The number of rotatable bonds is 7. The third-order valence-corrected chi connectivity index (χ3v) is 5.35. The van der Waals surface area contributed by atoms with E-state index in [0.29, 0.717) is 35.1 Å². The summed E-state index contributed by atoms with van der Waals surface area (Å²) in [5, 5.41) is 5.68. The lowest BCUT2D eigenvalue weighted by molar-refractivity contribution is -0.111. The number of hydrogen-bond acceptors (Lipinski definition) is 7. The van der Waals surface area contributed by atoms with Gasteiger partial charge in [-0.1, -0.05) is 18.2 Å². The van der Waals surface area contributed by atoms with Crippen LogP contribution in [0.4, 0.5) is 5.69 Å². The molecule has 3 aromatic rings. The maximum absolute atomic E-state index is 12.5. The van der Waals surface area contributed by atoms with E-state index in [4.69, 9.17) is 14.2 Å². The number of benzene rings is 2. The third kappa shape index (κ3) is 4.92. The maximum atomic E-state index is 12.5. The molecule has 158 valence electrons. The van der Waals surface area contributed by atoms with E-state index in [0.717, 1.165) is 16.3 Å². The van der Waals surface area contributed by atoms with Gasteiger partial charge in [0.05, 0.1) is 16.4 Å². The molecule has 2 heterocycles. The molecule has 0 fully saturated rings. The van der Waals surface area contributed by atoms with E-state index in [2.05, 4.69) is 10.3 Å². The second-order valence-electron chi connectivity index (χ2n) is 6.81. The Bertz CT molecular complexity index is 1170. The second kappa shape index (κ2) is 9.01. The lowest BCUT2D eigenvalue weighted by Crippen LogP contribution is -2.11. The minimum absolute atomic E-state index is 0.0846. The van der Waals surface area contributed by atoms with Gasteiger partial charge < -0.3 is 19.5 Å². The molecule has 31 heavy (non-hydrogen) atoms. The molecule has 1 aliphatic rings. The highest BCUT2D eigenvalue weighted by Gasteiger charge is 2.20. The number of nitrogens with one attached hydrogen (secondary N) is 1. The Morgan fingerprint density at radius 2 is 2.00 bits per heavy atom. The van der Waals surface area contributed by atoms with Gasteiger partial charge in [0.1, 0.15) is 12.4 Å². The molecular weight excluding hydrogens is 416 g/mol. The second-order valence-corrected chi connectivity index (χ2v) is 7.88. The van der Waals surface area contributed by atoms with E-state index in [1.165, 1.54) is 13.0 Å². The normalized spacial score (nSPS) is 12.2. The summed E-state index contributed by atoms with van der Waals surface area (Å²) in [6.07, 6.45) is 3.06.